The van der Waals surface area contributed by atoms with Crippen molar-refractivity contribution in [3.8, 4) is 0 Å². The maximum atomic E-state index is 12.5. The van der Waals surface area contributed by atoms with Gasteiger partial charge in [-0.1, -0.05) is 6.07 Å². The number of aromatic nitrogens is 2. The average Bonchev–Trinajstić information content (AvgIpc) is 2.68. The fraction of sp³-hybridized carbons (Fsp3) is 0.444. The molecule has 0 bridgehead atoms. The van der Waals surface area contributed by atoms with Crippen molar-refractivity contribution in [2.24, 2.45) is 0 Å². The number of nitrogens with zero attached hydrogens (tertiary/aromatic N) is 3. The normalized spacial score (nSPS) is 12.8. The Morgan fingerprint density at radius 2 is 2.07 bits per heavy atom. The highest BCUT2D eigenvalue weighted by atomic mass is 79.9. The van der Waals surface area contributed by atoms with E-state index in [0.717, 1.165) is 13.0 Å². The number of aliphatic hydroxyl groups is 1. The number of benzene rings is 1. The average molecular weight is 487 g/mol. The van der Waals surface area contributed by atoms with Crippen LogP contribution in [0.15, 0.2) is 39.8 Å². The molecule has 1 aromatic carbocycles. The zero-order chi connectivity index (χ0) is 21.4. The Hall–Kier alpha value is -1.79. The second kappa shape index (κ2) is 10.8. The fourth-order valence-electron chi connectivity index (χ4n) is 2.36. The summed E-state index contributed by atoms with van der Waals surface area (Å²) in [4.78, 5) is 10.7. The number of rotatable bonds is 11. The molecule has 0 aliphatic heterocycles. The number of hydrogen-bond acceptors (Lipinski definition) is 8. The molecule has 0 spiro atoms. The number of aliphatic hydroxyl groups excluding tert-OH is 1. The molecule has 0 saturated heterocycles. The van der Waals surface area contributed by atoms with Crippen molar-refractivity contribution in [2.45, 2.75) is 24.3 Å². The topological polar surface area (TPSA) is 119 Å². The van der Waals surface area contributed by atoms with Gasteiger partial charge in [0.2, 0.25) is 16.0 Å². The highest BCUT2D eigenvalue weighted by Crippen LogP contribution is 2.23. The van der Waals surface area contributed by atoms with Crippen LogP contribution >= 0.6 is 15.9 Å². The first-order valence-electron chi connectivity index (χ1n) is 9.12. The second-order valence-corrected chi connectivity index (χ2v) is 9.45. The van der Waals surface area contributed by atoms with Crippen LogP contribution in [0.1, 0.15) is 13.3 Å². The third-order valence-electron chi connectivity index (χ3n) is 3.88. The molecule has 9 nitrogen and oxygen atoms in total. The molecule has 0 radical (unpaired) electrons. The smallest absolute Gasteiger partial charge is 0.240 e. The van der Waals surface area contributed by atoms with Crippen LogP contribution in [-0.4, -0.2) is 68.2 Å². The summed E-state index contributed by atoms with van der Waals surface area (Å²) in [5, 5.41) is 15.3. The van der Waals surface area contributed by atoms with Crippen molar-refractivity contribution in [3.63, 3.8) is 0 Å². The molecule has 0 amide bonds. The Morgan fingerprint density at radius 1 is 1.31 bits per heavy atom. The van der Waals surface area contributed by atoms with E-state index < -0.39 is 10.0 Å². The molecule has 2 rings (SSSR count). The van der Waals surface area contributed by atoms with E-state index in [9.17, 15) is 13.5 Å². The van der Waals surface area contributed by atoms with Gasteiger partial charge in [0.25, 0.3) is 0 Å². The fourth-order valence-corrected chi connectivity index (χ4v) is 3.79. The van der Waals surface area contributed by atoms with Gasteiger partial charge in [-0.2, -0.15) is 4.98 Å². The van der Waals surface area contributed by atoms with E-state index in [-0.39, 0.29) is 17.5 Å². The Bertz CT molecular complexity index is 910. The van der Waals surface area contributed by atoms with Gasteiger partial charge < -0.3 is 20.6 Å². The minimum absolute atomic E-state index is 0.0410. The molecular weight excluding hydrogens is 460 g/mol. The summed E-state index contributed by atoms with van der Waals surface area (Å²) in [6, 6.07) is 6.28. The van der Waals surface area contributed by atoms with Crippen LogP contribution in [0.2, 0.25) is 0 Å². The number of halogens is 1. The predicted molar refractivity (Wildman–Crippen MR) is 118 cm³/mol. The van der Waals surface area contributed by atoms with Gasteiger partial charge >= 0.3 is 0 Å². The van der Waals surface area contributed by atoms with Gasteiger partial charge in [-0.3, -0.25) is 0 Å². The molecule has 2 aromatic rings. The second-order valence-electron chi connectivity index (χ2n) is 6.83. The third-order valence-corrected chi connectivity index (χ3v) is 5.91. The lowest BCUT2D eigenvalue weighted by Gasteiger charge is -2.14. The summed E-state index contributed by atoms with van der Waals surface area (Å²) in [6.45, 7) is 2.95. The maximum absolute atomic E-state index is 12.5. The van der Waals surface area contributed by atoms with Crippen LogP contribution in [-0.2, 0) is 10.0 Å². The highest BCUT2D eigenvalue weighted by Gasteiger charge is 2.14. The van der Waals surface area contributed by atoms with E-state index in [2.05, 4.69) is 41.3 Å². The molecule has 160 valence electrons. The standard InChI is InChI=1S/C18H27BrN6O3S/c1-13(12-26)22-17-16(19)11-20-18(24-17)23-14-6-4-7-15(10-14)29(27,28)21-8-5-9-25(2)3/h4,6-7,10-11,13,21,26H,5,8-9,12H2,1-3H3,(H2,20,22,23,24)/t13-/m1/s1. The van der Waals surface area contributed by atoms with E-state index in [1.165, 1.54) is 12.1 Å². The van der Waals surface area contributed by atoms with E-state index in [1.54, 1.807) is 18.3 Å². The zero-order valence-electron chi connectivity index (χ0n) is 16.7. The lowest BCUT2D eigenvalue weighted by atomic mass is 10.3. The van der Waals surface area contributed by atoms with E-state index >= 15 is 0 Å². The molecule has 0 fully saturated rings. The minimum atomic E-state index is -3.60. The summed E-state index contributed by atoms with van der Waals surface area (Å²) in [7, 11) is 0.283. The van der Waals surface area contributed by atoms with Crippen LogP contribution in [0.3, 0.4) is 0 Å². The van der Waals surface area contributed by atoms with Crippen molar-refractivity contribution in [2.75, 3.05) is 44.4 Å². The Morgan fingerprint density at radius 3 is 2.76 bits per heavy atom. The van der Waals surface area contributed by atoms with E-state index in [1.807, 2.05) is 25.9 Å². The molecular formula is C18H27BrN6O3S. The van der Waals surface area contributed by atoms with Crippen LogP contribution < -0.4 is 15.4 Å². The van der Waals surface area contributed by atoms with Crippen LogP contribution in [0.25, 0.3) is 0 Å². The van der Waals surface area contributed by atoms with Crippen molar-refractivity contribution in [1.82, 2.24) is 19.6 Å². The van der Waals surface area contributed by atoms with Gasteiger partial charge in [-0.15, -0.1) is 0 Å². The van der Waals surface area contributed by atoms with E-state index in [0.29, 0.717) is 28.5 Å². The van der Waals surface area contributed by atoms with E-state index in [4.69, 9.17) is 0 Å². The van der Waals surface area contributed by atoms with Gasteiger partial charge in [-0.25, -0.2) is 18.1 Å². The van der Waals surface area contributed by atoms with Gasteiger partial charge in [0.1, 0.15) is 5.82 Å². The largest absolute Gasteiger partial charge is 0.394 e. The summed E-state index contributed by atoms with van der Waals surface area (Å²) in [6.07, 6.45) is 2.30. The monoisotopic (exact) mass is 486 g/mol. The minimum Gasteiger partial charge on any atom is -0.394 e. The molecule has 29 heavy (non-hydrogen) atoms. The lowest BCUT2D eigenvalue weighted by molar-refractivity contribution is 0.281. The number of anilines is 3. The number of nitrogens with one attached hydrogen (secondary N) is 3. The molecule has 0 saturated carbocycles. The van der Waals surface area contributed by atoms with Gasteiger partial charge in [-0.05, 0) is 68.1 Å². The summed E-state index contributed by atoms with van der Waals surface area (Å²) in [5.41, 5.74) is 0.546. The third kappa shape index (κ3) is 7.52. The number of sulfonamides is 1. The molecule has 4 N–H and O–H groups in total. The lowest BCUT2D eigenvalue weighted by Crippen LogP contribution is -2.27. The Balaban J connectivity index is 2.10. The first kappa shape index (κ1) is 23.5. The molecule has 0 unspecified atom stereocenters. The maximum Gasteiger partial charge on any atom is 0.240 e. The first-order valence-corrected chi connectivity index (χ1v) is 11.4. The van der Waals surface area contributed by atoms with Crippen LogP contribution in [0.5, 0.6) is 0 Å². The van der Waals surface area contributed by atoms with Crippen molar-refractivity contribution in [1.29, 1.82) is 0 Å². The predicted octanol–water partition coefficient (Wildman–Crippen LogP) is 2.01. The summed E-state index contributed by atoms with van der Waals surface area (Å²) < 4.78 is 28.3. The van der Waals surface area contributed by atoms with Crippen molar-refractivity contribution in [3.05, 3.63) is 34.9 Å². The molecule has 1 aromatic heterocycles. The Labute approximate surface area is 180 Å². The number of hydrogen-bond donors (Lipinski definition) is 4. The SMILES string of the molecule is C[C@H](CO)Nc1nc(Nc2cccc(S(=O)(=O)NCCCN(C)C)c2)ncc1Br. The molecule has 11 heteroatoms. The van der Waals surface area contributed by atoms with Crippen LogP contribution in [0.4, 0.5) is 17.5 Å². The molecule has 0 aliphatic carbocycles. The zero-order valence-corrected chi connectivity index (χ0v) is 19.1. The van der Waals surface area contributed by atoms with Gasteiger partial charge in [0.15, 0.2) is 0 Å². The molecule has 1 atom stereocenters. The summed E-state index contributed by atoms with van der Waals surface area (Å²) in [5.74, 6) is 0.824. The summed E-state index contributed by atoms with van der Waals surface area (Å²) >= 11 is 3.36. The van der Waals surface area contributed by atoms with Crippen molar-refractivity contribution >= 4 is 43.4 Å². The molecule has 1 heterocycles. The van der Waals surface area contributed by atoms with Gasteiger partial charge in [0.05, 0.1) is 16.0 Å². The Kier molecular flexibility index (Phi) is 8.78. The molecule has 0 aliphatic rings. The van der Waals surface area contributed by atoms with Crippen molar-refractivity contribution < 1.29 is 13.5 Å². The van der Waals surface area contributed by atoms with Crippen LogP contribution in [0, 0.1) is 0 Å². The van der Waals surface area contributed by atoms with Gasteiger partial charge in [0, 0.05) is 24.5 Å². The first-order chi connectivity index (χ1) is 13.7. The quantitative estimate of drug-likeness (QED) is 0.356. The highest BCUT2D eigenvalue weighted by molar-refractivity contribution is 9.10.